The summed E-state index contributed by atoms with van der Waals surface area (Å²) in [6.07, 6.45) is 1.38. The molecule has 0 radical (unpaired) electrons. The van der Waals surface area contributed by atoms with Gasteiger partial charge >= 0.3 is 0 Å². The van der Waals surface area contributed by atoms with Crippen LogP contribution in [0, 0.1) is 5.41 Å². The minimum atomic E-state index is -0.583. The van der Waals surface area contributed by atoms with Crippen LogP contribution >= 0.6 is 11.6 Å². The normalized spacial score (nSPS) is 25.4. The third-order valence-electron chi connectivity index (χ3n) is 4.30. The van der Waals surface area contributed by atoms with Gasteiger partial charge in [0.15, 0.2) is 0 Å². The first-order valence-electron chi connectivity index (χ1n) is 8.16. The average Bonchev–Trinajstić information content (AvgIpc) is 3.24. The van der Waals surface area contributed by atoms with E-state index in [2.05, 4.69) is 10.6 Å². The summed E-state index contributed by atoms with van der Waals surface area (Å²) in [6.45, 7) is 2.90. The maximum absolute atomic E-state index is 12.1. The molecular formula is C17H21ClN4O3. The van der Waals surface area contributed by atoms with Crippen molar-refractivity contribution in [3.63, 3.8) is 0 Å². The number of carbonyl (C=O) groups is 1. The van der Waals surface area contributed by atoms with Crippen LogP contribution in [0.25, 0.3) is 0 Å². The number of nitrogens with one attached hydrogen (secondary N) is 3. The minimum absolute atomic E-state index is 0.0505. The van der Waals surface area contributed by atoms with E-state index in [1.807, 2.05) is 12.1 Å². The largest absolute Gasteiger partial charge is 0.477 e. The zero-order chi connectivity index (χ0) is 18.0. The molecule has 2 aliphatic rings. The monoisotopic (exact) mass is 364 g/mol. The van der Waals surface area contributed by atoms with Crippen LogP contribution in [0.15, 0.2) is 35.0 Å². The number of halogens is 1. The number of carbonyl (C=O) groups excluding carboxylic acids is 1. The van der Waals surface area contributed by atoms with Crippen molar-refractivity contribution >= 4 is 29.1 Å². The van der Waals surface area contributed by atoms with Gasteiger partial charge in [-0.2, -0.15) is 0 Å². The Labute approximate surface area is 151 Å². The molecule has 3 atom stereocenters. The smallest absolute Gasteiger partial charge is 0.273 e. The highest BCUT2D eigenvalue weighted by atomic mass is 35.5. The predicted molar refractivity (Wildman–Crippen MR) is 95.5 cm³/mol. The lowest BCUT2D eigenvalue weighted by Crippen LogP contribution is -2.33. The summed E-state index contributed by atoms with van der Waals surface area (Å²) in [5.74, 6) is -0.909. The average molecular weight is 365 g/mol. The Bertz CT molecular complexity index is 704. The Morgan fingerprint density at radius 1 is 1.48 bits per heavy atom. The van der Waals surface area contributed by atoms with Gasteiger partial charge in [-0.3, -0.25) is 10.2 Å². The van der Waals surface area contributed by atoms with Crippen molar-refractivity contribution in [2.24, 2.45) is 5.73 Å². The van der Waals surface area contributed by atoms with Crippen LogP contribution in [-0.4, -0.2) is 37.1 Å². The minimum Gasteiger partial charge on any atom is -0.477 e. The van der Waals surface area contributed by atoms with E-state index >= 15 is 0 Å². The lowest BCUT2D eigenvalue weighted by atomic mass is 10.0. The molecule has 3 rings (SSSR count). The summed E-state index contributed by atoms with van der Waals surface area (Å²) >= 11 is 5.89. The van der Waals surface area contributed by atoms with Gasteiger partial charge in [-0.1, -0.05) is 23.7 Å². The van der Waals surface area contributed by atoms with Crippen molar-refractivity contribution in [3.8, 4) is 0 Å². The summed E-state index contributed by atoms with van der Waals surface area (Å²) < 4.78 is 10.9. The van der Waals surface area contributed by atoms with Crippen LogP contribution in [0.4, 0.5) is 5.69 Å². The van der Waals surface area contributed by atoms with E-state index in [0.717, 1.165) is 18.5 Å². The van der Waals surface area contributed by atoms with Crippen LogP contribution in [0.3, 0.4) is 0 Å². The van der Waals surface area contributed by atoms with Gasteiger partial charge in [0.2, 0.25) is 5.90 Å². The van der Waals surface area contributed by atoms with Crippen LogP contribution in [0.5, 0.6) is 0 Å². The first-order valence-corrected chi connectivity index (χ1v) is 8.54. The lowest BCUT2D eigenvalue weighted by Gasteiger charge is -2.23. The Balaban J connectivity index is 1.64. The summed E-state index contributed by atoms with van der Waals surface area (Å²) in [4.78, 5) is 12.1. The van der Waals surface area contributed by atoms with Crippen LogP contribution in [0.2, 0.25) is 0 Å². The highest BCUT2D eigenvalue weighted by Crippen LogP contribution is 2.37. The quantitative estimate of drug-likeness (QED) is 0.362. The Kier molecular flexibility index (Phi) is 5.27. The predicted octanol–water partition coefficient (Wildman–Crippen LogP) is 1.85. The molecule has 0 aliphatic carbocycles. The van der Waals surface area contributed by atoms with Crippen LogP contribution in [-0.2, 0) is 14.3 Å². The van der Waals surface area contributed by atoms with E-state index in [9.17, 15) is 4.79 Å². The number of nitrogens with two attached hydrogens (primary N) is 1. The molecule has 2 heterocycles. The molecule has 1 amide bonds. The molecule has 134 valence electrons. The van der Waals surface area contributed by atoms with Crippen molar-refractivity contribution < 1.29 is 14.3 Å². The van der Waals surface area contributed by atoms with Gasteiger partial charge < -0.3 is 25.8 Å². The number of anilines is 1. The second-order valence-corrected chi connectivity index (χ2v) is 6.37. The first-order chi connectivity index (χ1) is 12.0. The molecule has 0 saturated carbocycles. The van der Waals surface area contributed by atoms with Gasteiger partial charge in [-0.25, -0.2) is 0 Å². The highest BCUT2D eigenvalue weighted by molar-refractivity contribution is 6.43. The Morgan fingerprint density at radius 2 is 2.20 bits per heavy atom. The SMILES string of the molecule is CCOC(=N)/C(Cl)=C(\N)C(=O)Nc1ccc([C@H]2O[C@@H]3CN[C@H]2C3)cc1. The molecule has 0 spiro atoms. The molecule has 2 saturated heterocycles. The number of ether oxygens (including phenoxy) is 2. The standard InChI is InChI=1S/C17H21ClN4O3/c1-2-24-16(20)13(18)14(19)17(23)22-10-5-3-9(4-6-10)15-12-7-11(25-15)8-21-12/h3-6,11-12,15,20-21H,2,7-8,19H2,1H3,(H,22,23)/b14-13+,20-16?/t11-,12-,15+/m0/s1. The third kappa shape index (κ3) is 3.78. The third-order valence-corrected chi connectivity index (χ3v) is 4.67. The van der Waals surface area contributed by atoms with Crippen LogP contribution in [0.1, 0.15) is 25.0 Å². The summed E-state index contributed by atoms with van der Waals surface area (Å²) in [5, 5.41) is 13.5. The van der Waals surface area contributed by atoms with Gasteiger partial charge in [0.1, 0.15) is 10.7 Å². The molecule has 8 heteroatoms. The fourth-order valence-electron chi connectivity index (χ4n) is 3.06. The van der Waals surface area contributed by atoms with E-state index in [1.165, 1.54) is 0 Å². The molecule has 2 fully saturated rings. The van der Waals surface area contributed by atoms with Gasteiger partial charge in [0.05, 0.1) is 18.8 Å². The van der Waals surface area contributed by atoms with E-state index in [1.54, 1.807) is 19.1 Å². The van der Waals surface area contributed by atoms with Crippen LogP contribution < -0.4 is 16.4 Å². The molecule has 2 bridgehead atoms. The van der Waals surface area contributed by atoms with Crippen molar-refractivity contribution in [1.29, 1.82) is 5.41 Å². The number of morpholine rings is 1. The Morgan fingerprint density at radius 3 is 2.76 bits per heavy atom. The molecule has 7 nitrogen and oxygen atoms in total. The van der Waals surface area contributed by atoms with Crippen molar-refractivity contribution in [1.82, 2.24) is 5.32 Å². The highest BCUT2D eigenvalue weighted by Gasteiger charge is 2.41. The second kappa shape index (κ2) is 7.43. The maximum Gasteiger partial charge on any atom is 0.273 e. The maximum atomic E-state index is 12.1. The first kappa shape index (κ1) is 17.7. The van der Waals surface area contributed by atoms with E-state index < -0.39 is 5.91 Å². The zero-order valence-corrected chi connectivity index (χ0v) is 14.6. The topological polar surface area (TPSA) is 109 Å². The summed E-state index contributed by atoms with van der Waals surface area (Å²) in [7, 11) is 0. The van der Waals surface area contributed by atoms with E-state index in [0.29, 0.717) is 17.8 Å². The molecule has 5 N–H and O–H groups in total. The van der Waals surface area contributed by atoms with Crippen molar-refractivity contribution in [2.75, 3.05) is 18.5 Å². The molecule has 2 aliphatic heterocycles. The summed E-state index contributed by atoms with van der Waals surface area (Å²) in [6, 6.07) is 7.78. The molecule has 0 aromatic heterocycles. The van der Waals surface area contributed by atoms with Gasteiger partial charge in [0.25, 0.3) is 5.91 Å². The second-order valence-electron chi connectivity index (χ2n) is 6.00. The van der Waals surface area contributed by atoms with Gasteiger partial charge in [-0.05, 0) is 31.0 Å². The molecule has 1 aromatic carbocycles. The molecular weight excluding hydrogens is 344 g/mol. The lowest BCUT2D eigenvalue weighted by molar-refractivity contribution is -0.112. The number of hydrogen-bond acceptors (Lipinski definition) is 6. The van der Waals surface area contributed by atoms with E-state index in [4.69, 9.17) is 32.2 Å². The number of amides is 1. The van der Waals surface area contributed by atoms with E-state index in [-0.39, 0.29) is 29.3 Å². The zero-order valence-electron chi connectivity index (χ0n) is 13.8. The molecule has 0 unspecified atom stereocenters. The number of rotatable bonds is 5. The fraction of sp³-hybridized carbons (Fsp3) is 0.412. The molecule has 1 aromatic rings. The van der Waals surface area contributed by atoms with Crippen molar-refractivity contribution in [2.45, 2.75) is 31.6 Å². The number of benzene rings is 1. The fourth-order valence-corrected chi connectivity index (χ4v) is 3.20. The summed E-state index contributed by atoms with van der Waals surface area (Å²) in [5.41, 5.74) is 7.09. The molecule has 25 heavy (non-hydrogen) atoms. The Hall–Kier alpha value is -2.09. The van der Waals surface area contributed by atoms with Gasteiger partial charge in [0, 0.05) is 18.3 Å². The number of hydrogen-bond donors (Lipinski definition) is 4. The number of fused-ring (bicyclic) bond motifs is 2. The van der Waals surface area contributed by atoms with Gasteiger partial charge in [-0.15, -0.1) is 0 Å². The van der Waals surface area contributed by atoms with Crippen molar-refractivity contribution in [3.05, 3.63) is 40.6 Å².